The molecule has 0 aromatic carbocycles. The number of imide groups is 1. The molecule has 0 bridgehead atoms. The molecule has 0 spiro atoms. The quantitative estimate of drug-likeness (QED) is 0.766. The van der Waals surface area contributed by atoms with Crippen molar-refractivity contribution in [2.24, 2.45) is 0 Å². The number of aromatic carboxylic acids is 1. The molecule has 2 N–H and O–H groups in total. The molecule has 106 valence electrons. The molecule has 1 unspecified atom stereocenters. The summed E-state index contributed by atoms with van der Waals surface area (Å²) in [4.78, 5) is 39.0. The van der Waals surface area contributed by atoms with Crippen molar-refractivity contribution < 1.29 is 23.9 Å². The lowest BCUT2D eigenvalue weighted by Gasteiger charge is -2.34. The van der Waals surface area contributed by atoms with Gasteiger partial charge in [-0.3, -0.25) is 14.9 Å². The van der Waals surface area contributed by atoms with Gasteiger partial charge in [-0.15, -0.1) is 0 Å². The van der Waals surface area contributed by atoms with Crippen LogP contribution in [0.25, 0.3) is 0 Å². The van der Waals surface area contributed by atoms with E-state index in [-0.39, 0.29) is 12.4 Å². The summed E-state index contributed by atoms with van der Waals surface area (Å²) in [6.45, 7) is 1.45. The van der Waals surface area contributed by atoms with E-state index in [0.29, 0.717) is 6.42 Å². The Labute approximate surface area is 113 Å². The van der Waals surface area contributed by atoms with Crippen LogP contribution in [0.1, 0.15) is 23.7 Å². The molecule has 7 nitrogen and oxygen atoms in total. The van der Waals surface area contributed by atoms with Crippen LogP contribution in [-0.4, -0.2) is 40.5 Å². The lowest BCUT2D eigenvalue weighted by atomic mass is 10.1. The minimum Gasteiger partial charge on any atom is -0.478 e. The van der Waals surface area contributed by atoms with E-state index >= 15 is 0 Å². The predicted molar refractivity (Wildman–Crippen MR) is 65.7 cm³/mol. The zero-order valence-corrected chi connectivity index (χ0v) is 10.6. The molecule has 1 aromatic heterocycles. The first kappa shape index (κ1) is 13.9. The lowest BCUT2D eigenvalue weighted by Crippen LogP contribution is -2.58. The van der Waals surface area contributed by atoms with Gasteiger partial charge < -0.3 is 10.0 Å². The smallest absolute Gasteiger partial charge is 0.338 e. The van der Waals surface area contributed by atoms with Crippen LogP contribution in [0, 0.1) is 5.82 Å². The molecule has 1 saturated heterocycles. The van der Waals surface area contributed by atoms with Crippen molar-refractivity contribution in [1.29, 1.82) is 0 Å². The first-order valence-corrected chi connectivity index (χ1v) is 5.93. The Kier molecular flexibility index (Phi) is 3.64. The van der Waals surface area contributed by atoms with Crippen molar-refractivity contribution in [3.05, 3.63) is 23.6 Å². The van der Waals surface area contributed by atoms with Crippen LogP contribution in [0.2, 0.25) is 0 Å². The molecule has 0 saturated carbocycles. The van der Waals surface area contributed by atoms with Crippen LogP contribution >= 0.6 is 0 Å². The second-order valence-corrected chi connectivity index (χ2v) is 4.27. The van der Waals surface area contributed by atoms with Gasteiger partial charge in [-0.1, -0.05) is 6.92 Å². The maximum Gasteiger partial charge on any atom is 0.338 e. The monoisotopic (exact) mass is 281 g/mol. The molecule has 2 amide bonds. The summed E-state index contributed by atoms with van der Waals surface area (Å²) in [6.07, 6.45) is 1.46. The summed E-state index contributed by atoms with van der Waals surface area (Å²) in [6, 6.07) is 0.257. The van der Waals surface area contributed by atoms with Crippen molar-refractivity contribution in [2.75, 3.05) is 11.4 Å². The van der Waals surface area contributed by atoms with E-state index in [1.54, 1.807) is 6.92 Å². The number of rotatable bonds is 3. The van der Waals surface area contributed by atoms with Gasteiger partial charge in [0, 0.05) is 6.20 Å². The van der Waals surface area contributed by atoms with E-state index in [9.17, 15) is 18.8 Å². The number of halogens is 1. The summed E-state index contributed by atoms with van der Waals surface area (Å²) in [5.74, 6) is -3.93. The minimum absolute atomic E-state index is 0.253. The number of carboxylic acid groups (broad SMARTS) is 1. The largest absolute Gasteiger partial charge is 0.478 e. The minimum atomic E-state index is -1.44. The Morgan fingerprint density at radius 2 is 2.30 bits per heavy atom. The van der Waals surface area contributed by atoms with Crippen molar-refractivity contribution >= 4 is 23.6 Å². The second-order valence-electron chi connectivity index (χ2n) is 4.27. The maximum absolute atomic E-state index is 14.1. The average molecular weight is 281 g/mol. The molecule has 8 heteroatoms. The molecule has 1 aliphatic rings. The molecular weight excluding hydrogens is 269 g/mol. The zero-order valence-electron chi connectivity index (χ0n) is 10.6. The standard InChI is InChI=1S/C12H12FN3O4/c1-2-7-11(18)15-8(17)5-16(7)10-9(13)6(12(19)20)3-4-14-10/h3-4,7H,2,5H2,1H3,(H,19,20)(H,15,17,18). The number of nitrogens with zero attached hydrogens (tertiary/aromatic N) is 2. The Balaban J connectivity index is 2.48. The lowest BCUT2D eigenvalue weighted by molar-refractivity contribution is -0.133. The van der Waals surface area contributed by atoms with Gasteiger partial charge in [0.05, 0.1) is 6.54 Å². The first-order chi connectivity index (χ1) is 9.45. The number of carboxylic acids is 1. The van der Waals surface area contributed by atoms with Gasteiger partial charge >= 0.3 is 5.97 Å². The number of hydrogen-bond donors (Lipinski definition) is 2. The molecule has 20 heavy (non-hydrogen) atoms. The van der Waals surface area contributed by atoms with Gasteiger partial charge in [-0.25, -0.2) is 14.2 Å². The van der Waals surface area contributed by atoms with E-state index in [2.05, 4.69) is 10.3 Å². The highest BCUT2D eigenvalue weighted by Crippen LogP contribution is 2.24. The summed E-state index contributed by atoms with van der Waals surface area (Å²) < 4.78 is 14.1. The molecular formula is C12H12FN3O4. The number of pyridine rings is 1. The topological polar surface area (TPSA) is 99.6 Å². The van der Waals surface area contributed by atoms with E-state index in [4.69, 9.17) is 5.11 Å². The van der Waals surface area contributed by atoms with Crippen molar-refractivity contribution in [1.82, 2.24) is 10.3 Å². The zero-order chi connectivity index (χ0) is 14.9. The van der Waals surface area contributed by atoms with Gasteiger partial charge in [-0.05, 0) is 12.5 Å². The number of piperazine rings is 1. The van der Waals surface area contributed by atoms with Crippen LogP contribution in [-0.2, 0) is 9.59 Å². The Morgan fingerprint density at radius 3 is 2.90 bits per heavy atom. The van der Waals surface area contributed by atoms with Crippen LogP contribution in [0.15, 0.2) is 12.3 Å². The first-order valence-electron chi connectivity index (χ1n) is 5.93. The van der Waals surface area contributed by atoms with Crippen LogP contribution < -0.4 is 10.2 Å². The molecule has 1 fully saturated rings. The van der Waals surface area contributed by atoms with Gasteiger partial charge in [0.15, 0.2) is 11.6 Å². The molecule has 1 aromatic rings. The summed E-state index contributed by atoms with van der Waals surface area (Å²) in [5.41, 5.74) is -0.553. The third kappa shape index (κ3) is 2.31. The normalized spacial score (nSPS) is 18.9. The number of nitrogens with one attached hydrogen (secondary N) is 1. The SMILES string of the molecule is CCC1C(=O)NC(=O)CN1c1nccc(C(=O)O)c1F. The molecule has 2 heterocycles. The highest BCUT2D eigenvalue weighted by molar-refractivity contribution is 6.04. The van der Waals surface area contributed by atoms with Crippen molar-refractivity contribution in [3.8, 4) is 0 Å². The molecule has 1 aliphatic heterocycles. The molecule has 0 radical (unpaired) electrons. The number of hydrogen-bond acceptors (Lipinski definition) is 5. The second kappa shape index (κ2) is 5.24. The summed E-state index contributed by atoms with van der Waals surface area (Å²) >= 11 is 0. The Morgan fingerprint density at radius 1 is 1.60 bits per heavy atom. The maximum atomic E-state index is 14.1. The van der Waals surface area contributed by atoms with Crippen molar-refractivity contribution in [3.63, 3.8) is 0 Å². The summed E-state index contributed by atoms with van der Waals surface area (Å²) in [5, 5.41) is 11.0. The summed E-state index contributed by atoms with van der Waals surface area (Å²) in [7, 11) is 0. The highest BCUT2D eigenvalue weighted by atomic mass is 19.1. The van der Waals surface area contributed by atoms with Crippen molar-refractivity contribution in [2.45, 2.75) is 19.4 Å². The van der Waals surface area contributed by atoms with Crippen LogP contribution in [0.4, 0.5) is 10.2 Å². The Bertz CT molecular complexity index is 590. The van der Waals surface area contributed by atoms with E-state index in [1.165, 1.54) is 4.90 Å². The Hall–Kier alpha value is -2.51. The number of aromatic nitrogens is 1. The van der Waals surface area contributed by atoms with Gasteiger partial charge in [0.25, 0.3) is 0 Å². The number of carbonyl (C=O) groups is 3. The van der Waals surface area contributed by atoms with E-state index in [1.807, 2.05) is 0 Å². The third-order valence-corrected chi connectivity index (χ3v) is 3.02. The van der Waals surface area contributed by atoms with Gasteiger partial charge in [-0.2, -0.15) is 0 Å². The highest BCUT2D eigenvalue weighted by Gasteiger charge is 2.35. The third-order valence-electron chi connectivity index (χ3n) is 3.02. The fraction of sp³-hybridized carbons (Fsp3) is 0.333. The number of amides is 2. The van der Waals surface area contributed by atoms with E-state index < -0.39 is 35.2 Å². The van der Waals surface area contributed by atoms with Gasteiger partial charge in [0.1, 0.15) is 11.6 Å². The average Bonchev–Trinajstić information content (AvgIpc) is 2.37. The number of carbonyl (C=O) groups excluding carboxylic acids is 2. The van der Waals surface area contributed by atoms with Crippen LogP contribution in [0.5, 0.6) is 0 Å². The fourth-order valence-corrected chi connectivity index (χ4v) is 2.09. The van der Waals surface area contributed by atoms with Crippen LogP contribution in [0.3, 0.4) is 0 Å². The predicted octanol–water partition coefficient (Wildman–Crippen LogP) is 0.160. The van der Waals surface area contributed by atoms with Gasteiger partial charge in [0.2, 0.25) is 11.8 Å². The van der Waals surface area contributed by atoms with E-state index in [0.717, 1.165) is 12.3 Å². The number of anilines is 1. The fourth-order valence-electron chi connectivity index (χ4n) is 2.09. The molecule has 1 atom stereocenters. The molecule has 2 rings (SSSR count). The molecule has 0 aliphatic carbocycles.